The highest BCUT2D eigenvalue weighted by Gasteiger charge is 2.27. The highest BCUT2D eigenvalue weighted by Crippen LogP contribution is 2.33. The summed E-state index contributed by atoms with van der Waals surface area (Å²) in [5.41, 5.74) is 8.39. The fourth-order valence-corrected chi connectivity index (χ4v) is 3.85. The zero-order valence-corrected chi connectivity index (χ0v) is 15.7. The first-order chi connectivity index (χ1) is 12.8. The molecule has 0 aromatic carbocycles. The van der Waals surface area contributed by atoms with Crippen LogP contribution in [0.5, 0.6) is 0 Å². The zero-order chi connectivity index (χ0) is 18.2. The Kier molecular flexibility index (Phi) is 6.97. The highest BCUT2D eigenvalue weighted by molar-refractivity contribution is 5.25. The Hall–Kier alpha value is -1.98. The third-order valence-electron chi connectivity index (χ3n) is 5.23. The van der Waals surface area contributed by atoms with Gasteiger partial charge in [-0.25, -0.2) is 4.98 Å². The van der Waals surface area contributed by atoms with Crippen molar-refractivity contribution < 1.29 is 0 Å². The van der Waals surface area contributed by atoms with Crippen LogP contribution in [0.3, 0.4) is 0 Å². The molecule has 0 amide bonds. The molecule has 140 valence electrons. The Morgan fingerprint density at radius 2 is 2.23 bits per heavy atom. The van der Waals surface area contributed by atoms with E-state index < -0.39 is 0 Å². The molecule has 1 unspecified atom stereocenters. The number of unbranched alkanes of at least 4 members (excludes halogenated alkanes) is 1. The molecule has 0 fully saturated rings. The van der Waals surface area contributed by atoms with Crippen molar-refractivity contribution in [2.24, 2.45) is 5.73 Å². The fourth-order valence-electron chi connectivity index (χ4n) is 3.85. The topological polar surface area (TPSA) is 60.0 Å². The molecular weight excluding hydrogens is 322 g/mol. The Bertz CT molecular complexity index is 693. The number of aryl methyl sites for hydroxylation is 2. The van der Waals surface area contributed by atoms with Crippen LogP contribution in [-0.2, 0) is 19.5 Å². The van der Waals surface area contributed by atoms with Gasteiger partial charge in [-0.1, -0.05) is 12.1 Å². The SMILES string of the molecule is C=CCCn1ccnc1CN(CCCCN)C1CCCc2cccnc21. The van der Waals surface area contributed by atoms with Crippen molar-refractivity contribution in [1.29, 1.82) is 0 Å². The molecule has 0 saturated carbocycles. The van der Waals surface area contributed by atoms with Crippen molar-refractivity contribution in [3.8, 4) is 0 Å². The molecule has 0 bridgehead atoms. The maximum atomic E-state index is 5.73. The van der Waals surface area contributed by atoms with Crippen LogP contribution in [0, 0.1) is 0 Å². The largest absolute Gasteiger partial charge is 0.334 e. The van der Waals surface area contributed by atoms with E-state index in [1.54, 1.807) is 0 Å². The summed E-state index contributed by atoms with van der Waals surface area (Å²) in [5, 5.41) is 0. The Morgan fingerprint density at radius 3 is 3.08 bits per heavy atom. The first kappa shape index (κ1) is 18.8. The fraction of sp³-hybridized carbons (Fsp3) is 0.524. The number of nitrogens with two attached hydrogens (primary N) is 1. The maximum Gasteiger partial charge on any atom is 0.122 e. The number of rotatable bonds is 10. The van der Waals surface area contributed by atoms with Crippen LogP contribution in [-0.4, -0.2) is 32.5 Å². The van der Waals surface area contributed by atoms with Gasteiger partial charge < -0.3 is 10.3 Å². The molecule has 2 aromatic rings. The summed E-state index contributed by atoms with van der Waals surface area (Å²) in [6.45, 7) is 7.42. The molecule has 0 aliphatic heterocycles. The summed E-state index contributed by atoms with van der Waals surface area (Å²) in [5.74, 6) is 1.13. The molecule has 5 nitrogen and oxygen atoms in total. The van der Waals surface area contributed by atoms with Gasteiger partial charge in [-0.05, 0) is 63.2 Å². The minimum atomic E-state index is 0.377. The summed E-state index contributed by atoms with van der Waals surface area (Å²) >= 11 is 0. The Balaban J connectivity index is 1.80. The third kappa shape index (κ3) is 4.59. The normalized spacial score (nSPS) is 16.6. The lowest BCUT2D eigenvalue weighted by Crippen LogP contribution is -2.33. The van der Waals surface area contributed by atoms with Gasteiger partial charge in [-0.3, -0.25) is 9.88 Å². The van der Waals surface area contributed by atoms with Gasteiger partial charge in [0.15, 0.2) is 0 Å². The van der Waals surface area contributed by atoms with Gasteiger partial charge in [0.1, 0.15) is 5.82 Å². The molecule has 0 saturated heterocycles. The minimum absolute atomic E-state index is 0.377. The number of hydrogen-bond acceptors (Lipinski definition) is 4. The van der Waals surface area contributed by atoms with Gasteiger partial charge in [0.25, 0.3) is 0 Å². The summed E-state index contributed by atoms with van der Waals surface area (Å²) in [4.78, 5) is 11.9. The average Bonchev–Trinajstić information content (AvgIpc) is 3.12. The Morgan fingerprint density at radius 1 is 1.31 bits per heavy atom. The van der Waals surface area contributed by atoms with E-state index in [2.05, 4.69) is 39.4 Å². The average molecular weight is 354 g/mol. The predicted molar refractivity (Wildman–Crippen MR) is 106 cm³/mol. The van der Waals surface area contributed by atoms with Crippen LogP contribution in [0.2, 0.25) is 0 Å². The van der Waals surface area contributed by atoms with E-state index in [0.29, 0.717) is 6.04 Å². The molecule has 2 N–H and O–H groups in total. The first-order valence-corrected chi connectivity index (χ1v) is 9.82. The van der Waals surface area contributed by atoms with Crippen LogP contribution in [0.25, 0.3) is 0 Å². The van der Waals surface area contributed by atoms with Crippen LogP contribution in [0.15, 0.2) is 43.4 Å². The summed E-state index contributed by atoms with van der Waals surface area (Å²) in [7, 11) is 0. The first-order valence-electron chi connectivity index (χ1n) is 9.82. The second-order valence-electron chi connectivity index (χ2n) is 7.04. The summed E-state index contributed by atoms with van der Waals surface area (Å²) < 4.78 is 2.25. The van der Waals surface area contributed by atoms with Crippen LogP contribution >= 0.6 is 0 Å². The van der Waals surface area contributed by atoms with Crippen molar-refractivity contribution in [2.75, 3.05) is 13.1 Å². The van der Waals surface area contributed by atoms with Crippen molar-refractivity contribution in [3.63, 3.8) is 0 Å². The van der Waals surface area contributed by atoms with Crippen molar-refractivity contribution in [3.05, 3.63) is 60.5 Å². The molecule has 1 aliphatic carbocycles. The molecule has 2 heterocycles. The predicted octanol–water partition coefficient (Wildman–Crippen LogP) is 3.47. The van der Waals surface area contributed by atoms with E-state index in [1.807, 2.05) is 18.5 Å². The molecule has 2 aromatic heterocycles. The maximum absolute atomic E-state index is 5.73. The number of nitrogens with zero attached hydrogens (tertiary/aromatic N) is 4. The number of pyridine rings is 1. The van der Waals surface area contributed by atoms with E-state index in [9.17, 15) is 0 Å². The van der Waals surface area contributed by atoms with Crippen LogP contribution in [0.1, 0.15) is 55.2 Å². The lowest BCUT2D eigenvalue weighted by molar-refractivity contribution is 0.157. The molecule has 3 rings (SSSR count). The second-order valence-corrected chi connectivity index (χ2v) is 7.04. The number of hydrogen-bond donors (Lipinski definition) is 1. The third-order valence-corrected chi connectivity index (χ3v) is 5.23. The Labute approximate surface area is 156 Å². The summed E-state index contributed by atoms with van der Waals surface area (Å²) in [6, 6.07) is 4.67. The number of aromatic nitrogens is 3. The standard InChI is InChI=1S/C21H31N5/c1-2-3-14-25-16-13-23-20(25)17-26(15-5-4-11-22)19-10-6-8-18-9-7-12-24-21(18)19/h2,7,9,12-13,16,19H,1,3-6,8,10-11,14-15,17,22H2. The van der Waals surface area contributed by atoms with E-state index in [1.165, 1.54) is 24.1 Å². The van der Waals surface area contributed by atoms with Gasteiger partial charge >= 0.3 is 0 Å². The molecule has 5 heteroatoms. The molecular formula is C21H31N5. The molecule has 0 radical (unpaired) electrons. The van der Waals surface area contributed by atoms with Gasteiger partial charge in [0, 0.05) is 25.1 Å². The minimum Gasteiger partial charge on any atom is -0.334 e. The quantitative estimate of drug-likeness (QED) is 0.525. The molecule has 0 spiro atoms. The number of imidazole rings is 1. The lowest BCUT2D eigenvalue weighted by Gasteiger charge is -2.35. The van der Waals surface area contributed by atoms with Gasteiger partial charge in [0.2, 0.25) is 0 Å². The van der Waals surface area contributed by atoms with Crippen LogP contribution < -0.4 is 5.73 Å². The monoisotopic (exact) mass is 353 g/mol. The van der Waals surface area contributed by atoms with Crippen molar-refractivity contribution in [1.82, 2.24) is 19.4 Å². The van der Waals surface area contributed by atoms with E-state index in [0.717, 1.165) is 57.7 Å². The second kappa shape index (κ2) is 9.64. The van der Waals surface area contributed by atoms with Gasteiger partial charge in [-0.2, -0.15) is 0 Å². The van der Waals surface area contributed by atoms with Crippen molar-refractivity contribution >= 4 is 0 Å². The van der Waals surface area contributed by atoms with Crippen LogP contribution in [0.4, 0.5) is 0 Å². The van der Waals surface area contributed by atoms with Gasteiger partial charge in [0.05, 0.1) is 18.3 Å². The van der Waals surface area contributed by atoms with E-state index in [-0.39, 0.29) is 0 Å². The highest BCUT2D eigenvalue weighted by atomic mass is 15.2. The molecule has 1 aliphatic rings. The molecule has 1 atom stereocenters. The van der Waals surface area contributed by atoms with E-state index >= 15 is 0 Å². The number of allylic oxidation sites excluding steroid dienone is 1. The van der Waals surface area contributed by atoms with Crippen molar-refractivity contribution in [2.45, 2.75) is 57.7 Å². The summed E-state index contributed by atoms with van der Waals surface area (Å²) in [6.07, 6.45) is 14.5. The van der Waals surface area contributed by atoms with Gasteiger partial charge in [-0.15, -0.1) is 6.58 Å². The number of fused-ring (bicyclic) bond motifs is 1. The zero-order valence-electron chi connectivity index (χ0n) is 15.7. The van der Waals surface area contributed by atoms with E-state index in [4.69, 9.17) is 10.7 Å². The smallest absolute Gasteiger partial charge is 0.122 e. The lowest BCUT2D eigenvalue weighted by atomic mass is 9.90. The molecule has 26 heavy (non-hydrogen) atoms.